The van der Waals surface area contributed by atoms with Crippen molar-refractivity contribution in [3.05, 3.63) is 46.5 Å². The molecule has 0 saturated heterocycles. The van der Waals surface area contributed by atoms with Crippen LogP contribution < -0.4 is 5.32 Å². The third kappa shape index (κ3) is 3.27. The number of benzene rings is 1. The summed E-state index contributed by atoms with van der Waals surface area (Å²) in [4.78, 5) is 0. The molecule has 0 fully saturated rings. The minimum atomic E-state index is -0.410. The fraction of sp³-hybridized carbons (Fsp3) is 0.333. The Bertz CT molecular complexity index is 527. The summed E-state index contributed by atoms with van der Waals surface area (Å²) in [7, 11) is 0. The minimum Gasteiger partial charge on any atom is -0.311 e. The first-order chi connectivity index (χ1) is 8.69. The molecule has 0 aliphatic carbocycles. The normalized spacial score (nSPS) is 10.8. The van der Waals surface area contributed by atoms with Crippen LogP contribution >= 0.6 is 11.6 Å². The van der Waals surface area contributed by atoms with E-state index in [1.807, 2.05) is 13.1 Å². The predicted octanol–water partition coefficient (Wildman–Crippen LogP) is 2.23. The zero-order chi connectivity index (χ0) is 13.0. The van der Waals surface area contributed by atoms with E-state index >= 15 is 0 Å². The molecule has 0 bridgehead atoms. The lowest BCUT2D eigenvalue weighted by atomic mass is 10.2. The molecule has 1 aromatic carbocycles. The van der Waals surface area contributed by atoms with Gasteiger partial charge in [-0.25, -0.2) is 9.07 Å². The number of halogens is 2. The van der Waals surface area contributed by atoms with Gasteiger partial charge in [0, 0.05) is 6.54 Å². The van der Waals surface area contributed by atoms with Crippen molar-refractivity contribution >= 4 is 11.6 Å². The molecule has 1 N–H and O–H groups in total. The second kappa shape index (κ2) is 5.93. The highest BCUT2D eigenvalue weighted by Crippen LogP contribution is 2.16. The van der Waals surface area contributed by atoms with Crippen molar-refractivity contribution in [2.24, 2.45) is 0 Å². The maximum absolute atomic E-state index is 13.0. The summed E-state index contributed by atoms with van der Waals surface area (Å²) in [6, 6.07) is 4.64. The van der Waals surface area contributed by atoms with E-state index in [0.29, 0.717) is 13.1 Å². The molecule has 6 heteroatoms. The summed E-state index contributed by atoms with van der Waals surface area (Å²) < 4.78 is 14.7. The lowest BCUT2D eigenvalue weighted by Gasteiger charge is -2.02. The van der Waals surface area contributed by atoms with Gasteiger partial charge in [0.25, 0.3) is 0 Å². The Morgan fingerprint density at radius 2 is 2.28 bits per heavy atom. The third-order valence-corrected chi connectivity index (χ3v) is 2.76. The molecule has 0 spiro atoms. The molecule has 18 heavy (non-hydrogen) atoms. The van der Waals surface area contributed by atoms with Crippen LogP contribution in [0.3, 0.4) is 0 Å². The first-order valence-electron chi connectivity index (χ1n) is 5.72. The van der Waals surface area contributed by atoms with E-state index in [1.54, 1.807) is 16.8 Å². The Morgan fingerprint density at radius 1 is 1.44 bits per heavy atom. The average Bonchev–Trinajstić information content (AvgIpc) is 2.79. The van der Waals surface area contributed by atoms with Crippen molar-refractivity contribution < 1.29 is 4.39 Å². The molecule has 0 saturated carbocycles. The molecule has 2 rings (SSSR count). The molecule has 0 aliphatic heterocycles. The predicted molar refractivity (Wildman–Crippen MR) is 67.9 cm³/mol. The van der Waals surface area contributed by atoms with Crippen LogP contribution in [0.5, 0.6) is 0 Å². The van der Waals surface area contributed by atoms with Crippen LogP contribution in [-0.2, 0) is 13.1 Å². The lowest BCUT2D eigenvalue weighted by molar-refractivity contribution is 0.621. The summed E-state index contributed by atoms with van der Waals surface area (Å²) in [5.41, 5.74) is 1.77. The maximum atomic E-state index is 13.0. The van der Waals surface area contributed by atoms with Gasteiger partial charge in [0.1, 0.15) is 5.82 Å². The molecule has 0 radical (unpaired) electrons. The van der Waals surface area contributed by atoms with Gasteiger partial charge < -0.3 is 5.32 Å². The number of aromatic nitrogens is 3. The van der Waals surface area contributed by atoms with Crippen LogP contribution in [0.15, 0.2) is 24.4 Å². The molecular weight excluding hydrogens is 255 g/mol. The molecule has 0 aliphatic rings. The van der Waals surface area contributed by atoms with Crippen LogP contribution in [0, 0.1) is 5.82 Å². The third-order valence-electron chi connectivity index (χ3n) is 2.47. The minimum absolute atomic E-state index is 0.125. The van der Waals surface area contributed by atoms with Gasteiger partial charge in [-0.15, -0.1) is 5.10 Å². The number of nitrogens with one attached hydrogen (secondary N) is 1. The van der Waals surface area contributed by atoms with Crippen LogP contribution in [0.2, 0.25) is 5.02 Å². The van der Waals surface area contributed by atoms with Crippen molar-refractivity contribution in [2.75, 3.05) is 6.54 Å². The van der Waals surface area contributed by atoms with Gasteiger partial charge in [-0.3, -0.25) is 0 Å². The Labute approximate surface area is 110 Å². The quantitative estimate of drug-likeness (QED) is 0.904. The maximum Gasteiger partial charge on any atom is 0.141 e. The highest BCUT2D eigenvalue weighted by atomic mass is 35.5. The van der Waals surface area contributed by atoms with Crippen LogP contribution in [0.1, 0.15) is 18.2 Å². The van der Waals surface area contributed by atoms with Crippen LogP contribution in [0.4, 0.5) is 4.39 Å². The van der Waals surface area contributed by atoms with Gasteiger partial charge in [0.05, 0.1) is 23.5 Å². The van der Waals surface area contributed by atoms with Crippen molar-refractivity contribution in [3.63, 3.8) is 0 Å². The highest BCUT2D eigenvalue weighted by molar-refractivity contribution is 6.30. The lowest BCUT2D eigenvalue weighted by Crippen LogP contribution is -2.11. The summed E-state index contributed by atoms with van der Waals surface area (Å²) >= 11 is 5.72. The van der Waals surface area contributed by atoms with E-state index in [9.17, 15) is 4.39 Å². The van der Waals surface area contributed by atoms with E-state index in [4.69, 9.17) is 11.6 Å². The van der Waals surface area contributed by atoms with E-state index in [1.165, 1.54) is 6.07 Å². The fourth-order valence-electron chi connectivity index (χ4n) is 1.57. The number of hydrogen-bond acceptors (Lipinski definition) is 3. The van der Waals surface area contributed by atoms with E-state index in [2.05, 4.69) is 15.6 Å². The van der Waals surface area contributed by atoms with Crippen molar-refractivity contribution in [1.29, 1.82) is 0 Å². The second-order valence-corrected chi connectivity index (χ2v) is 4.34. The summed E-state index contributed by atoms with van der Waals surface area (Å²) in [5.74, 6) is -0.410. The average molecular weight is 269 g/mol. The molecular formula is C12H14ClFN4. The van der Waals surface area contributed by atoms with Gasteiger partial charge in [-0.05, 0) is 24.2 Å². The van der Waals surface area contributed by atoms with E-state index in [-0.39, 0.29) is 5.02 Å². The smallest absolute Gasteiger partial charge is 0.141 e. The summed E-state index contributed by atoms with van der Waals surface area (Å²) in [6.45, 7) is 4.14. The molecule has 0 amide bonds. The molecule has 4 nitrogen and oxygen atoms in total. The SMILES string of the molecule is CCNCc1cn(Cc2ccc(F)c(Cl)c2)nn1. The largest absolute Gasteiger partial charge is 0.311 e. The summed E-state index contributed by atoms with van der Waals surface area (Å²) in [5, 5.41) is 11.3. The van der Waals surface area contributed by atoms with Crippen LogP contribution in [0.25, 0.3) is 0 Å². The Hall–Kier alpha value is -1.46. The first kappa shape index (κ1) is 13.0. The molecule has 0 unspecified atom stereocenters. The highest BCUT2D eigenvalue weighted by Gasteiger charge is 2.04. The number of hydrogen-bond donors (Lipinski definition) is 1. The molecule has 2 aromatic rings. The zero-order valence-corrected chi connectivity index (χ0v) is 10.8. The Morgan fingerprint density at radius 3 is 3.00 bits per heavy atom. The molecule has 96 valence electrons. The van der Waals surface area contributed by atoms with Gasteiger partial charge in [-0.1, -0.05) is 29.8 Å². The second-order valence-electron chi connectivity index (χ2n) is 3.94. The van der Waals surface area contributed by atoms with E-state index in [0.717, 1.165) is 17.8 Å². The zero-order valence-electron chi connectivity index (χ0n) is 10.0. The van der Waals surface area contributed by atoms with E-state index < -0.39 is 5.82 Å². The number of rotatable bonds is 5. The number of nitrogens with zero attached hydrogens (tertiary/aromatic N) is 3. The van der Waals surface area contributed by atoms with Gasteiger partial charge in [0.2, 0.25) is 0 Å². The fourth-order valence-corrected chi connectivity index (χ4v) is 1.78. The van der Waals surface area contributed by atoms with Crippen LogP contribution in [-0.4, -0.2) is 21.5 Å². The Kier molecular flexibility index (Phi) is 4.28. The first-order valence-corrected chi connectivity index (χ1v) is 6.10. The molecule has 0 atom stereocenters. The summed E-state index contributed by atoms with van der Waals surface area (Å²) in [6.07, 6.45) is 1.86. The van der Waals surface area contributed by atoms with Crippen molar-refractivity contribution in [3.8, 4) is 0 Å². The van der Waals surface area contributed by atoms with Gasteiger partial charge in [-0.2, -0.15) is 0 Å². The molecule has 1 heterocycles. The Balaban J connectivity index is 2.04. The van der Waals surface area contributed by atoms with Crippen molar-refractivity contribution in [1.82, 2.24) is 20.3 Å². The van der Waals surface area contributed by atoms with Gasteiger partial charge >= 0.3 is 0 Å². The topological polar surface area (TPSA) is 42.7 Å². The van der Waals surface area contributed by atoms with Crippen molar-refractivity contribution in [2.45, 2.75) is 20.0 Å². The monoisotopic (exact) mass is 268 g/mol. The molecule has 1 aromatic heterocycles. The standard InChI is InChI=1S/C12H14ClFN4/c1-2-15-6-10-8-18(17-16-10)7-9-3-4-12(14)11(13)5-9/h3-5,8,15H,2,6-7H2,1H3. The van der Waals surface area contributed by atoms with Gasteiger partial charge in [0.15, 0.2) is 0 Å².